The van der Waals surface area contributed by atoms with Crippen molar-refractivity contribution in [1.82, 2.24) is 0 Å². The Morgan fingerprint density at radius 1 is 1.19 bits per heavy atom. The van der Waals surface area contributed by atoms with Crippen molar-refractivity contribution in [3.05, 3.63) is 58.4 Å². The van der Waals surface area contributed by atoms with Gasteiger partial charge in [-0.1, -0.05) is 23.7 Å². The Morgan fingerprint density at radius 3 is 2.76 bits per heavy atom. The first-order chi connectivity index (χ1) is 10.0. The van der Waals surface area contributed by atoms with Crippen LogP contribution in [0.3, 0.4) is 0 Å². The molecule has 3 rings (SSSR count). The van der Waals surface area contributed by atoms with Gasteiger partial charge in [-0.25, -0.2) is 4.39 Å². The van der Waals surface area contributed by atoms with Crippen LogP contribution in [0.1, 0.15) is 17.5 Å². The molecular weight excluding hydrogens is 291 g/mol. The molecule has 2 aromatic rings. The third kappa shape index (κ3) is 2.72. The van der Waals surface area contributed by atoms with Crippen molar-refractivity contribution in [2.45, 2.75) is 19.4 Å². The fraction of sp³-hybridized carbons (Fsp3) is 0.188. The van der Waals surface area contributed by atoms with Gasteiger partial charge in [-0.2, -0.15) is 0 Å². The van der Waals surface area contributed by atoms with Crippen LogP contribution in [0.25, 0.3) is 0 Å². The summed E-state index contributed by atoms with van der Waals surface area (Å²) in [5, 5.41) is 0.506. The van der Waals surface area contributed by atoms with E-state index in [-0.39, 0.29) is 11.7 Å². The van der Waals surface area contributed by atoms with Crippen LogP contribution in [0.4, 0.5) is 15.8 Å². The van der Waals surface area contributed by atoms with E-state index in [9.17, 15) is 9.18 Å². The van der Waals surface area contributed by atoms with E-state index in [1.807, 2.05) is 0 Å². The van der Waals surface area contributed by atoms with Gasteiger partial charge in [0.2, 0.25) is 5.91 Å². The van der Waals surface area contributed by atoms with Crippen molar-refractivity contribution in [1.29, 1.82) is 0 Å². The molecule has 21 heavy (non-hydrogen) atoms. The predicted molar refractivity (Wildman–Crippen MR) is 81.8 cm³/mol. The average molecular weight is 305 g/mol. The predicted octanol–water partition coefficient (Wildman–Crippen LogP) is 3.54. The molecule has 2 N–H and O–H groups in total. The van der Waals surface area contributed by atoms with Crippen molar-refractivity contribution in [3.8, 4) is 0 Å². The third-order valence-electron chi connectivity index (χ3n) is 3.65. The van der Waals surface area contributed by atoms with E-state index < -0.39 is 0 Å². The average Bonchev–Trinajstić information content (AvgIpc) is 2.44. The van der Waals surface area contributed by atoms with E-state index in [2.05, 4.69) is 0 Å². The molecule has 0 bridgehead atoms. The summed E-state index contributed by atoms with van der Waals surface area (Å²) < 4.78 is 13.5. The Balaban J connectivity index is 1.98. The molecule has 0 atom stereocenters. The van der Waals surface area contributed by atoms with Crippen molar-refractivity contribution in [2.24, 2.45) is 0 Å². The number of halogens is 2. The van der Waals surface area contributed by atoms with Gasteiger partial charge in [-0.15, -0.1) is 0 Å². The molecular formula is C16H14ClFN2O. The second-order valence-electron chi connectivity index (χ2n) is 5.10. The monoisotopic (exact) mass is 304 g/mol. The number of hydrogen-bond acceptors (Lipinski definition) is 2. The summed E-state index contributed by atoms with van der Waals surface area (Å²) in [6, 6.07) is 9.73. The minimum Gasteiger partial charge on any atom is -0.399 e. The number of carbonyl (C=O) groups excluding carboxylic acids is 1. The van der Waals surface area contributed by atoms with Crippen LogP contribution in [0.5, 0.6) is 0 Å². The molecule has 0 unspecified atom stereocenters. The van der Waals surface area contributed by atoms with Crippen LogP contribution in [-0.2, 0) is 17.8 Å². The Bertz CT molecular complexity index is 717. The number of nitrogen functional groups attached to an aromatic ring is 1. The zero-order valence-electron chi connectivity index (χ0n) is 11.3. The van der Waals surface area contributed by atoms with Crippen LogP contribution >= 0.6 is 11.6 Å². The summed E-state index contributed by atoms with van der Waals surface area (Å²) in [6.07, 6.45) is 1.06. The van der Waals surface area contributed by atoms with Crippen LogP contribution in [0, 0.1) is 5.82 Å². The van der Waals surface area contributed by atoms with Gasteiger partial charge in [0.05, 0.1) is 12.2 Å². The SMILES string of the molecule is Nc1ccc(CN2C(=O)CCc3ccc(F)cc32)c(Cl)c1. The summed E-state index contributed by atoms with van der Waals surface area (Å²) in [4.78, 5) is 13.8. The van der Waals surface area contributed by atoms with Crippen LogP contribution < -0.4 is 10.6 Å². The van der Waals surface area contributed by atoms with E-state index in [1.165, 1.54) is 12.1 Å². The summed E-state index contributed by atoms with van der Waals surface area (Å²) in [5.41, 5.74) is 8.63. The topological polar surface area (TPSA) is 46.3 Å². The molecule has 0 saturated carbocycles. The van der Waals surface area contributed by atoms with Gasteiger partial charge in [-0.05, 0) is 41.8 Å². The molecule has 3 nitrogen and oxygen atoms in total. The molecule has 0 saturated heterocycles. The number of nitrogens with zero attached hydrogens (tertiary/aromatic N) is 1. The molecule has 0 fully saturated rings. The highest BCUT2D eigenvalue weighted by Gasteiger charge is 2.25. The minimum atomic E-state index is -0.350. The number of fused-ring (bicyclic) bond motifs is 1. The Labute approximate surface area is 127 Å². The fourth-order valence-corrected chi connectivity index (χ4v) is 2.79. The standard InChI is InChI=1S/C16H14ClFN2O/c17-14-8-13(19)5-2-11(14)9-20-15-7-12(18)4-1-10(15)3-6-16(20)21/h1-2,4-5,7-8H,3,6,9,19H2. The van der Waals surface area contributed by atoms with Crippen molar-refractivity contribution in [2.75, 3.05) is 10.6 Å². The summed E-state index contributed by atoms with van der Waals surface area (Å²) in [5.74, 6) is -0.377. The number of benzene rings is 2. The molecule has 1 amide bonds. The first-order valence-electron chi connectivity index (χ1n) is 6.67. The van der Waals surface area contributed by atoms with Crippen LogP contribution in [-0.4, -0.2) is 5.91 Å². The molecule has 2 aromatic carbocycles. The first kappa shape index (κ1) is 13.9. The lowest BCUT2D eigenvalue weighted by atomic mass is 10.00. The molecule has 0 spiro atoms. The molecule has 1 aliphatic heterocycles. The lowest BCUT2D eigenvalue weighted by Gasteiger charge is -2.29. The maximum Gasteiger partial charge on any atom is 0.227 e. The van der Waals surface area contributed by atoms with Crippen LogP contribution in [0.2, 0.25) is 5.02 Å². The molecule has 0 radical (unpaired) electrons. The van der Waals surface area contributed by atoms with Crippen molar-refractivity contribution in [3.63, 3.8) is 0 Å². The highest BCUT2D eigenvalue weighted by Crippen LogP contribution is 2.31. The summed E-state index contributed by atoms with van der Waals surface area (Å²) in [6.45, 7) is 0.314. The number of aryl methyl sites for hydroxylation is 1. The quantitative estimate of drug-likeness (QED) is 0.863. The Kier molecular flexibility index (Phi) is 3.55. The van der Waals surface area contributed by atoms with E-state index >= 15 is 0 Å². The maximum atomic E-state index is 13.5. The number of hydrogen-bond donors (Lipinski definition) is 1. The van der Waals surface area contributed by atoms with Gasteiger partial charge in [0.1, 0.15) is 5.82 Å². The third-order valence-corrected chi connectivity index (χ3v) is 4.00. The van der Waals surface area contributed by atoms with Gasteiger partial charge in [-0.3, -0.25) is 4.79 Å². The molecule has 0 aromatic heterocycles. The van der Waals surface area contributed by atoms with Gasteiger partial charge < -0.3 is 10.6 Å². The highest BCUT2D eigenvalue weighted by atomic mass is 35.5. The summed E-state index contributed by atoms with van der Waals surface area (Å²) >= 11 is 6.16. The number of carbonyl (C=O) groups is 1. The maximum absolute atomic E-state index is 13.5. The molecule has 0 aliphatic carbocycles. The lowest BCUT2D eigenvalue weighted by molar-refractivity contribution is -0.119. The largest absolute Gasteiger partial charge is 0.399 e. The molecule has 1 heterocycles. The fourth-order valence-electron chi connectivity index (χ4n) is 2.55. The number of anilines is 2. The van der Waals surface area contributed by atoms with Crippen molar-refractivity contribution < 1.29 is 9.18 Å². The Hall–Kier alpha value is -2.07. The molecule has 1 aliphatic rings. The van der Waals surface area contributed by atoms with E-state index in [0.29, 0.717) is 35.8 Å². The zero-order valence-corrected chi connectivity index (χ0v) is 12.0. The number of nitrogens with two attached hydrogens (primary N) is 1. The second kappa shape index (κ2) is 5.37. The first-order valence-corrected chi connectivity index (χ1v) is 7.05. The molecule has 108 valence electrons. The van der Waals surface area contributed by atoms with E-state index in [4.69, 9.17) is 17.3 Å². The lowest BCUT2D eigenvalue weighted by Crippen LogP contribution is -2.34. The van der Waals surface area contributed by atoms with E-state index in [1.54, 1.807) is 29.2 Å². The number of amides is 1. The van der Waals surface area contributed by atoms with Gasteiger partial charge in [0.15, 0.2) is 0 Å². The minimum absolute atomic E-state index is 0.0269. The van der Waals surface area contributed by atoms with Gasteiger partial charge in [0, 0.05) is 17.1 Å². The van der Waals surface area contributed by atoms with Gasteiger partial charge >= 0.3 is 0 Å². The smallest absolute Gasteiger partial charge is 0.227 e. The molecule has 5 heteroatoms. The zero-order chi connectivity index (χ0) is 15.0. The normalized spacial score (nSPS) is 14.2. The van der Waals surface area contributed by atoms with Crippen LogP contribution in [0.15, 0.2) is 36.4 Å². The van der Waals surface area contributed by atoms with Crippen molar-refractivity contribution >= 4 is 28.9 Å². The Morgan fingerprint density at radius 2 is 2.00 bits per heavy atom. The second-order valence-corrected chi connectivity index (χ2v) is 5.51. The van der Waals surface area contributed by atoms with E-state index in [0.717, 1.165) is 11.1 Å². The number of rotatable bonds is 2. The highest BCUT2D eigenvalue weighted by molar-refractivity contribution is 6.31. The van der Waals surface area contributed by atoms with Gasteiger partial charge in [0.25, 0.3) is 0 Å². The summed E-state index contributed by atoms with van der Waals surface area (Å²) in [7, 11) is 0.